The smallest absolute Gasteiger partial charge is 0.307 e. The van der Waals surface area contributed by atoms with Crippen LogP contribution in [0.1, 0.15) is 62.0 Å². The summed E-state index contributed by atoms with van der Waals surface area (Å²) in [5, 5.41) is 4.80. The summed E-state index contributed by atoms with van der Waals surface area (Å²) in [6, 6.07) is 3.70. The molecule has 1 amide bonds. The second-order valence-electron chi connectivity index (χ2n) is 6.41. The summed E-state index contributed by atoms with van der Waals surface area (Å²) in [7, 11) is 0. The molecule has 0 aliphatic heterocycles. The molecule has 1 N–H and O–H groups in total. The lowest BCUT2D eigenvalue weighted by molar-refractivity contribution is -0.155. The molecular formula is C18H25NO4S. The Morgan fingerprint density at radius 3 is 2.71 bits per heavy atom. The fraction of sp³-hybridized carbons (Fsp3) is 0.611. The van der Waals surface area contributed by atoms with Crippen LogP contribution in [-0.4, -0.2) is 29.8 Å². The molecule has 0 unspecified atom stereocenters. The van der Waals surface area contributed by atoms with E-state index in [0.29, 0.717) is 10.8 Å². The molecule has 1 fully saturated rings. The van der Waals surface area contributed by atoms with E-state index < -0.39 is 12.1 Å². The number of carbonyl (C=O) groups excluding carboxylic acids is 3. The fourth-order valence-electron chi connectivity index (χ4n) is 2.92. The van der Waals surface area contributed by atoms with Gasteiger partial charge in [-0.3, -0.25) is 14.4 Å². The molecular weight excluding hydrogens is 326 g/mol. The zero-order valence-electron chi connectivity index (χ0n) is 14.2. The zero-order chi connectivity index (χ0) is 17.5. The van der Waals surface area contributed by atoms with Crippen LogP contribution in [0.15, 0.2) is 17.5 Å². The number of hydrogen-bond donors (Lipinski definition) is 1. The van der Waals surface area contributed by atoms with Gasteiger partial charge in [-0.05, 0) is 37.1 Å². The summed E-state index contributed by atoms with van der Waals surface area (Å²) in [5.41, 5.74) is 0. The normalized spacial score (nSPS) is 21.8. The Kier molecular flexibility index (Phi) is 6.97. The molecule has 0 radical (unpaired) electrons. The monoisotopic (exact) mass is 351 g/mol. The van der Waals surface area contributed by atoms with E-state index in [9.17, 15) is 14.4 Å². The minimum Gasteiger partial charge on any atom is -0.453 e. The van der Waals surface area contributed by atoms with Crippen LogP contribution < -0.4 is 5.32 Å². The van der Waals surface area contributed by atoms with Gasteiger partial charge in [0.25, 0.3) is 5.91 Å². The standard InChI is InChI=1S/C18H25NO4S/c1-12-6-3-4-7-14(12)19-18(22)13(2)23-17(21)10-9-15(20)16-8-5-11-24-16/h5,8,11-14H,3-4,6-7,9-10H2,1-2H3,(H,19,22)/t12-,13+,14-/m1/s1. The van der Waals surface area contributed by atoms with Crippen molar-refractivity contribution in [3.8, 4) is 0 Å². The van der Waals surface area contributed by atoms with Crippen LogP contribution >= 0.6 is 11.3 Å². The largest absolute Gasteiger partial charge is 0.453 e. The minimum absolute atomic E-state index is 0.00577. The number of ether oxygens (including phenoxy) is 1. The van der Waals surface area contributed by atoms with Gasteiger partial charge in [0.1, 0.15) is 0 Å². The lowest BCUT2D eigenvalue weighted by Crippen LogP contribution is -2.46. The molecule has 1 aromatic heterocycles. The van der Waals surface area contributed by atoms with Crippen LogP contribution in [-0.2, 0) is 14.3 Å². The summed E-state index contributed by atoms with van der Waals surface area (Å²) in [6.45, 7) is 3.71. The Morgan fingerprint density at radius 2 is 2.04 bits per heavy atom. The molecule has 0 bridgehead atoms. The number of thiophene rings is 1. The van der Waals surface area contributed by atoms with E-state index in [0.717, 1.165) is 19.3 Å². The van der Waals surface area contributed by atoms with E-state index >= 15 is 0 Å². The van der Waals surface area contributed by atoms with E-state index in [1.54, 1.807) is 19.1 Å². The highest BCUT2D eigenvalue weighted by Gasteiger charge is 2.26. The molecule has 0 spiro atoms. The zero-order valence-corrected chi connectivity index (χ0v) is 15.1. The van der Waals surface area contributed by atoms with Crippen LogP contribution in [0.2, 0.25) is 0 Å². The number of Topliss-reactive ketones (excluding diaryl/α,β-unsaturated/α-hetero) is 1. The maximum absolute atomic E-state index is 12.2. The topological polar surface area (TPSA) is 72.5 Å². The van der Waals surface area contributed by atoms with Gasteiger partial charge in [-0.15, -0.1) is 11.3 Å². The van der Waals surface area contributed by atoms with Gasteiger partial charge in [-0.2, -0.15) is 0 Å². The van der Waals surface area contributed by atoms with E-state index in [1.807, 2.05) is 5.38 Å². The SMILES string of the molecule is C[C@H](OC(=O)CCC(=O)c1cccs1)C(=O)N[C@@H]1CCCC[C@H]1C. The van der Waals surface area contributed by atoms with Crippen molar-refractivity contribution < 1.29 is 19.1 Å². The first-order valence-corrected chi connectivity index (χ1v) is 9.42. The molecule has 0 saturated heterocycles. The van der Waals surface area contributed by atoms with E-state index in [1.165, 1.54) is 17.8 Å². The number of carbonyl (C=O) groups is 3. The average Bonchev–Trinajstić information content (AvgIpc) is 3.09. The van der Waals surface area contributed by atoms with Crippen LogP contribution in [0.25, 0.3) is 0 Å². The molecule has 2 rings (SSSR count). The Morgan fingerprint density at radius 1 is 1.29 bits per heavy atom. The van der Waals surface area contributed by atoms with Crippen molar-refractivity contribution in [3.63, 3.8) is 0 Å². The molecule has 5 nitrogen and oxygen atoms in total. The van der Waals surface area contributed by atoms with Gasteiger partial charge in [0.2, 0.25) is 0 Å². The van der Waals surface area contributed by atoms with Crippen molar-refractivity contribution in [2.75, 3.05) is 0 Å². The van der Waals surface area contributed by atoms with E-state index in [-0.39, 0.29) is 30.6 Å². The molecule has 1 aliphatic rings. The maximum Gasteiger partial charge on any atom is 0.307 e. The average molecular weight is 351 g/mol. The Bertz CT molecular complexity index is 570. The van der Waals surface area contributed by atoms with Gasteiger partial charge in [-0.25, -0.2) is 0 Å². The molecule has 132 valence electrons. The van der Waals surface area contributed by atoms with Gasteiger partial charge in [0, 0.05) is 12.5 Å². The Labute approximate surface area is 146 Å². The third-order valence-electron chi connectivity index (χ3n) is 4.47. The highest BCUT2D eigenvalue weighted by molar-refractivity contribution is 7.12. The molecule has 1 aromatic rings. The van der Waals surface area contributed by atoms with Crippen LogP contribution in [0, 0.1) is 5.92 Å². The van der Waals surface area contributed by atoms with Gasteiger partial charge >= 0.3 is 5.97 Å². The highest BCUT2D eigenvalue weighted by Crippen LogP contribution is 2.23. The molecule has 1 saturated carbocycles. The minimum atomic E-state index is -0.830. The maximum atomic E-state index is 12.2. The van der Waals surface area contributed by atoms with Crippen molar-refractivity contribution in [1.82, 2.24) is 5.32 Å². The van der Waals surface area contributed by atoms with Crippen molar-refractivity contribution in [2.24, 2.45) is 5.92 Å². The number of hydrogen-bond acceptors (Lipinski definition) is 5. The molecule has 1 heterocycles. The van der Waals surface area contributed by atoms with E-state index in [4.69, 9.17) is 4.74 Å². The van der Waals surface area contributed by atoms with Crippen molar-refractivity contribution in [1.29, 1.82) is 0 Å². The first-order chi connectivity index (χ1) is 11.5. The van der Waals surface area contributed by atoms with Crippen LogP contribution in [0.5, 0.6) is 0 Å². The van der Waals surface area contributed by atoms with Crippen molar-refractivity contribution >= 4 is 29.0 Å². The highest BCUT2D eigenvalue weighted by atomic mass is 32.1. The molecule has 0 aromatic carbocycles. The lowest BCUT2D eigenvalue weighted by atomic mass is 9.86. The predicted octanol–water partition coefficient (Wildman–Crippen LogP) is 3.34. The third-order valence-corrected chi connectivity index (χ3v) is 5.38. The second kappa shape index (κ2) is 8.97. The quantitative estimate of drug-likeness (QED) is 0.604. The summed E-state index contributed by atoms with van der Waals surface area (Å²) in [5.74, 6) is -0.393. The number of ketones is 1. The number of amides is 1. The van der Waals surface area contributed by atoms with Gasteiger partial charge < -0.3 is 10.1 Å². The van der Waals surface area contributed by atoms with Gasteiger partial charge in [-0.1, -0.05) is 25.8 Å². The summed E-state index contributed by atoms with van der Waals surface area (Å²) in [6.07, 6.45) is 3.68. The van der Waals surface area contributed by atoms with Gasteiger partial charge in [0.15, 0.2) is 11.9 Å². The predicted molar refractivity (Wildman–Crippen MR) is 93.0 cm³/mol. The molecule has 3 atom stereocenters. The van der Waals surface area contributed by atoms with E-state index in [2.05, 4.69) is 12.2 Å². The third kappa shape index (κ3) is 5.44. The first-order valence-electron chi connectivity index (χ1n) is 8.54. The molecule has 6 heteroatoms. The summed E-state index contributed by atoms with van der Waals surface area (Å²) < 4.78 is 5.16. The number of esters is 1. The number of nitrogens with one attached hydrogen (secondary N) is 1. The van der Waals surface area contributed by atoms with Crippen LogP contribution in [0.4, 0.5) is 0 Å². The fourth-order valence-corrected chi connectivity index (χ4v) is 3.61. The number of rotatable bonds is 7. The Hall–Kier alpha value is -1.69. The molecule has 1 aliphatic carbocycles. The van der Waals surface area contributed by atoms with Crippen LogP contribution in [0.3, 0.4) is 0 Å². The lowest BCUT2D eigenvalue weighted by Gasteiger charge is -2.30. The molecule has 24 heavy (non-hydrogen) atoms. The van der Waals surface area contributed by atoms with Gasteiger partial charge in [0.05, 0.1) is 11.3 Å². The Balaban J connectivity index is 1.72. The van der Waals surface area contributed by atoms with Crippen molar-refractivity contribution in [3.05, 3.63) is 22.4 Å². The second-order valence-corrected chi connectivity index (χ2v) is 7.36. The van der Waals surface area contributed by atoms with Crippen molar-refractivity contribution in [2.45, 2.75) is 64.5 Å². The summed E-state index contributed by atoms with van der Waals surface area (Å²) in [4.78, 5) is 36.5. The summed E-state index contributed by atoms with van der Waals surface area (Å²) >= 11 is 1.36. The first kappa shape index (κ1) is 18.6.